The molecule has 0 aromatic heterocycles. The number of carbonyl (C=O) groups is 2. The summed E-state index contributed by atoms with van der Waals surface area (Å²) in [4.78, 5) is 26.6. The SMILES string of the molecule is CC1(C)[C@@H](NS(=O)(=O)C(F)(F)F)CC[C@]2(C)[C@H]3C(=O)C=C4[C@@H]5C[C@@](C)(NC(=O)NO)CC[C@]5(C)CC[C@@]4(C)[C@]3(C)CC[C@@H]12. The number of halogens is 3. The Morgan fingerprint density at radius 3 is 2.19 bits per heavy atom. The lowest BCUT2D eigenvalue weighted by atomic mass is 9.33. The molecule has 0 saturated heterocycles. The van der Waals surface area contributed by atoms with Crippen molar-refractivity contribution in [2.75, 3.05) is 0 Å². The summed E-state index contributed by atoms with van der Waals surface area (Å²) in [5.41, 5.74) is -5.12. The Bertz CT molecular complexity index is 1350. The second kappa shape index (κ2) is 9.67. The van der Waals surface area contributed by atoms with Crippen LogP contribution in [0.25, 0.3) is 0 Å². The molecule has 8 nitrogen and oxygen atoms in total. The number of fused-ring (bicyclic) bond motifs is 7. The van der Waals surface area contributed by atoms with Crippen LogP contribution >= 0.6 is 0 Å². The topological polar surface area (TPSA) is 125 Å². The number of rotatable bonds is 3. The van der Waals surface area contributed by atoms with E-state index >= 15 is 0 Å². The Balaban J connectivity index is 1.52. The van der Waals surface area contributed by atoms with Crippen molar-refractivity contribution in [3.63, 3.8) is 0 Å². The molecule has 4 saturated carbocycles. The minimum Gasteiger partial charge on any atom is -0.331 e. The maximum Gasteiger partial charge on any atom is 0.511 e. The third-order valence-corrected chi connectivity index (χ3v) is 14.9. The molecule has 5 aliphatic carbocycles. The van der Waals surface area contributed by atoms with Crippen molar-refractivity contribution in [1.29, 1.82) is 0 Å². The smallest absolute Gasteiger partial charge is 0.331 e. The van der Waals surface area contributed by atoms with Gasteiger partial charge >= 0.3 is 21.6 Å². The van der Waals surface area contributed by atoms with Gasteiger partial charge in [0.05, 0.1) is 0 Å². The second-order valence-corrected chi connectivity index (χ2v) is 18.0. The fraction of sp³-hybridized carbons (Fsp3) is 0.871. The zero-order valence-electron chi connectivity index (χ0n) is 26.4. The average Bonchev–Trinajstić information content (AvgIpc) is 2.87. The molecule has 0 aromatic carbocycles. The summed E-state index contributed by atoms with van der Waals surface area (Å²) in [5.74, 6) is -0.363. The molecule has 4 fully saturated rings. The minimum atomic E-state index is -5.50. The van der Waals surface area contributed by atoms with Gasteiger partial charge in [0, 0.05) is 17.5 Å². The summed E-state index contributed by atoms with van der Waals surface area (Å²) in [6.45, 7) is 14.6. The van der Waals surface area contributed by atoms with Crippen molar-refractivity contribution < 1.29 is 36.4 Å². The zero-order chi connectivity index (χ0) is 32.2. The first-order valence-corrected chi connectivity index (χ1v) is 17.0. The van der Waals surface area contributed by atoms with Gasteiger partial charge in [-0.2, -0.15) is 13.2 Å². The molecule has 0 unspecified atom stereocenters. The van der Waals surface area contributed by atoms with Gasteiger partial charge in [0.1, 0.15) is 0 Å². The molecule has 12 heteroatoms. The van der Waals surface area contributed by atoms with E-state index in [4.69, 9.17) is 5.21 Å². The number of hydrogen-bond donors (Lipinski definition) is 4. The van der Waals surface area contributed by atoms with Gasteiger partial charge in [-0.3, -0.25) is 10.0 Å². The predicted molar refractivity (Wildman–Crippen MR) is 155 cm³/mol. The lowest BCUT2D eigenvalue weighted by Gasteiger charge is -2.70. The van der Waals surface area contributed by atoms with Gasteiger partial charge < -0.3 is 5.32 Å². The number of ketones is 1. The van der Waals surface area contributed by atoms with Crippen molar-refractivity contribution in [3.05, 3.63) is 11.6 Å². The molecule has 0 aliphatic heterocycles. The molecule has 9 atom stereocenters. The zero-order valence-corrected chi connectivity index (χ0v) is 27.2. The molecule has 2 amide bonds. The van der Waals surface area contributed by atoms with Crippen LogP contribution in [-0.4, -0.2) is 42.5 Å². The van der Waals surface area contributed by atoms with E-state index in [0.717, 1.165) is 31.3 Å². The van der Waals surface area contributed by atoms with Crippen molar-refractivity contribution in [2.45, 2.75) is 123 Å². The molecule has 43 heavy (non-hydrogen) atoms. The van der Waals surface area contributed by atoms with Crippen molar-refractivity contribution >= 4 is 21.8 Å². The van der Waals surface area contributed by atoms with Gasteiger partial charge in [-0.15, -0.1) is 0 Å². The maximum absolute atomic E-state index is 14.5. The van der Waals surface area contributed by atoms with E-state index in [9.17, 15) is 31.2 Å². The second-order valence-electron chi connectivity index (χ2n) is 16.3. The largest absolute Gasteiger partial charge is 0.511 e. The fourth-order valence-electron chi connectivity index (χ4n) is 11.1. The van der Waals surface area contributed by atoms with E-state index in [0.29, 0.717) is 25.7 Å². The van der Waals surface area contributed by atoms with E-state index in [2.05, 4.69) is 33.0 Å². The molecule has 0 bridgehead atoms. The molecular weight excluding hydrogens is 583 g/mol. The van der Waals surface area contributed by atoms with Crippen LogP contribution < -0.4 is 15.5 Å². The highest BCUT2D eigenvalue weighted by atomic mass is 32.2. The van der Waals surface area contributed by atoms with Crippen LogP contribution in [0.5, 0.6) is 0 Å². The Labute approximate surface area is 253 Å². The Morgan fingerprint density at radius 2 is 1.58 bits per heavy atom. The summed E-state index contributed by atoms with van der Waals surface area (Å²) in [5, 5.41) is 12.1. The predicted octanol–water partition coefficient (Wildman–Crippen LogP) is 6.22. The van der Waals surface area contributed by atoms with Crippen molar-refractivity contribution in [1.82, 2.24) is 15.5 Å². The molecule has 4 N–H and O–H groups in total. The van der Waals surface area contributed by atoms with Crippen LogP contribution in [0.15, 0.2) is 11.6 Å². The van der Waals surface area contributed by atoms with Crippen LogP contribution in [-0.2, 0) is 14.8 Å². The fourth-order valence-corrected chi connectivity index (χ4v) is 12.0. The van der Waals surface area contributed by atoms with Crippen molar-refractivity contribution in [2.24, 2.45) is 44.8 Å². The first-order chi connectivity index (χ1) is 19.5. The summed E-state index contributed by atoms with van der Waals surface area (Å²) in [7, 11) is -5.50. The number of nitrogens with one attached hydrogen (secondary N) is 3. The molecule has 0 spiro atoms. The molecule has 0 radical (unpaired) electrons. The monoisotopic (exact) mass is 631 g/mol. The number of sulfonamides is 1. The lowest BCUT2D eigenvalue weighted by molar-refractivity contribution is -0.187. The Morgan fingerprint density at radius 1 is 0.953 bits per heavy atom. The van der Waals surface area contributed by atoms with E-state index in [-0.39, 0.29) is 46.2 Å². The molecule has 5 aliphatic rings. The Kier molecular flexibility index (Phi) is 7.36. The van der Waals surface area contributed by atoms with Crippen LogP contribution in [0.4, 0.5) is 18.0 Å². The molecule has 0 aromatic rings. The van der Waals surface area contributed by atoms with Crippen molar-refractivity contribution in [3.8, 4) is 0 Å². The number of urea groups is 1. The summed E-state index contributed by atoms with van der Waals surface area (Å²) >= 11 is 0. The highest BCUT2D eigenvalue weighted by molar-refractivity contribution is 7.90. The van der Waals surface area contributed by atoms with Crippen LogP contribution in [0.2, 0.25) is 0 Å². The summed E-state index contributed by atoms with van der Waals surface area (Å²) in [6, 6.07) is -1.53. The quantitative estimate of drug-likeness (QED) is 0.218. The van der Waals surface area contributed by atoms with E-state index in [1.807, 2.05) is 31.6 Å². The number of allylic oxidation sites excluding steroid dienone is 2. The van der Waals surface area contributed by atoms with Gasteiger partial charge in [-0.25, -0.2) is 23.4 Å². The van der Waals surface area contributed by atoms with E-state index in [1.54, 1.807) is 5.48 Å². The standard InChI is InChI=1S/C31H48F3N3O5S/c1-25(2)21-8-11-30(7)23(28(21,5)10-9-22(25)37-43(41,42)31(32,33)34)20(38)16-18-19-17-27(4,35-24(39)36-40)14-12-26(19,3)13-15-29(18,30)6/h16,19,21-23,37,40H,8-15,17H2,1-7H3,(H2,35,36,39)/t19-,21-,22-,23+,26+,27-,28-,29+,30+/m0/s1. The van der Waals surface area contributed by atoms with Crippen LogP contribution in [0.3, 0.4) is 0 Å². The summed E-state index contributed by atoms with van der Waals surface area (Å²) < 4.78 is 66.1. The Hall–Kier alpha value is -1.66. The lowest BCUT2D eigenvalue weighted by Crippen LogP contribution is -2.68. The highest BCUT2D eigenvalue weighted by Crippen LogP contribution is 2.74. The van der Waals surface area contributed by atoms with Crippen LogP contribution in [0, 0.1) is 44.8 Å². The number of amides is 2. The number of hydroxylamine groups is 1. The third kappa shape index (κ3) is 4.62. The maximum atomic E-state index is 14.5. The normalized spacial score (nSPS) is 45.9. The molecule has 244 valence electrons. The van der Waals surface area contributed by atoms with Crippen LogP contribution in [0.1, 0.15) is 106 Å². The van der Waals surface area contributed by atoms with Gasteiger partial charge in [0.15, 0.2) is 5.78 Å². The summed E-state index contributed by atoms with van der Waals surface area (Å²) in [6.07, 6.45) is 8.16. The average molecular weight is 632 g/mol. The highest BCUT2D eigenvalue weighted by Gasteiger charge is 2.70. The first-order valence-electron chi connectivity index (χ1n) is 15.6. The molecular formula is C31H48F3N3O5S. The molecule has 5 rings (SSSR count). The van der Waals surface area contributed by atoms with Gasteiger partial charge in [0.2, 0.25) is 0 Å². The van der Waals surface area contributed by atoms with Gasteiger partial charge in [-0.05, 0) is 110 Å². The first kappa shape index (κ1) is 32.7. The van der Waals surface area contributed by atoms with E-state index < -0.39 is 44.0 Å². The molecule has 0 heterocycles. The van der Waals surface area contributed by atoms with Gasteiger partial charge in [-0.1, -0.05) is 47.1 Å². The number of carbonyl (C=O) groups excluding carboxylic acids is 2. The van der Waals surface area contributed by atoms with Gasteiger partial charge in [0.25, 0.3) is 0 Å². The number of hydrogen-bond acceptors (Lipinski definition) is 5. The van der Waals surface area contributed by atoms with E-state index in [1.165, 1.54) is 0 Å². The number of alkyl halides is 3. The minimum absolute atomic E-state index is 0.0253. The third-order valence-electron chi connectivity index (χ3n) is 13.7.